The van der Waals surface area contributed by atoms with Crippen LogP contribution in [0.5, 0.6) is 5.75 Å². The highest BCUT2D eigenvalue weighted by atomic mass is 16.5. The van der Waals surface area contributed by atoms with Gasteiger partial charge in [-0.2, -0.15) is 0 Å². The first-order valence-corrected chi connectivity index (χ1v) is 8.29. The maximum Gasteiger partial charge on any atom is 0.219 e. The summed E-state index contributed by atoms with van der Waals surface area (Å²) in [4.78, 5) is 19.7. The summed E-state index contributed by atoms with van der Waals surface area (Å²) >= 11 is 0. The van der Waals surface area contributed by atoms with Gasteiger partial charge in [0.2, 0.25) is 5.91 Å². The summed E-state index contributed by atoms with van der Waals surface area (Å²) in [6.07, 6.45) is 3.87. The second kappa shape index (κ2) is 7.97. The number of hydrogen-bond acceptors (Lipinski definition) is 5. The van der Waals surface area contributed by atoms with Crippen molar-refractivity contribution in [2.45, 2.75) is 19.9 Å². The van der Waals surface area contributed by atoms with E-state index in [4.69, 9.17) is 9.15 Å². The zero-order valence-corrected chi connectivity index (χ0v) is 14.0. The van der Waals surface area contributed by atoms with Crippen molar-refractivity contribution in [2.75, 3.05) is 32.8 Å². The Hall–Kier alpha value is -2.34. The number of aromatic nitrogens is 1. The first-order chi connectivity index (χ1) is 11.7. The van der Waals surface area contributed by atoms with Crippen molar-refractivity contribution in [3.05, 3.63) is 48.2 Å². The Morgan fingerprint density at radius 3 is 2.58 bits per heavy atom. The van der Waals surface area contributed by atoms with Crippen LogP contribution in [0, 0.1) is 0 Å². The molecule has 0 atom stereocenters. The first-order valence-electron chi connectivity index (χ1n) is 8.29. The SMILES string of the molecule is CC(=O)N1CCN(Cc2ccc(OCCc3ncco3)cc2)CC1. The Morgan fingerprint density at radius 2 is 1.96 bits per heavy atom. The largest absolute Gasteiger partial charge is 0.493 e. The molecule has 0 saturated carbocycles. The van der Waals surface area contributed by atoms with Gasteiger partial charge in [-0.05, 0) is 17.7 Å². The van der Waals surface area contributed by atoms with E-state index in [9.17, 15) is 4.79 Å². The minimum Gasteiger partial charge on any atom is -0.493 e. The maximum absolute atomic E-state index is 11.3. The van der Waals surface area contributed by atoms with E-state index in [-0.39, 0.29) is 5.91 Å². The lowest BCUT2D eigenvalue weighted by Crippen LogP contribution is -2.47. The van der Waals surface area contributed by atoms with Crippen molar-refractivity contribution in [3.8, 4) is 5.75 Å². The summed E-state index contributed by atoms with van der Waals surface area (Å²) in [6, 6.07) is 8.18. The molecule has 0 spiro atoms. The molecule has 6 heteroatoms. The number of rotatable bonds is 6. The average Bonchev–Trinajstić information content (AvgIpc) is 3.10. The molecule has 6 nitrogen and oxygen atoms in total. The molecule has 128 valence electrons. The Bertz CT molecular complexity index is 632. The lowest BCUT2D eigenvalue weighted by atomic mass is 10.2. The molecule has 1 aromatic heterocycles. The highest BCUT2D eigenvalue weighted by Gasteiger charge is 2.18. The van der Waals surface area contributed by atoms with Gasteiger partial charge < -0.3 is 14.1 Å². The molecule has 1 aliphatic rings. The van der Waals surface area contributed by atoms with Crippen LogP contribution in [0.3, 0.4) is 0 Å². The van der Waals surface area contributed by atoms with Gasteiger partial charge in [0.05, 0.1) is 19.2 Å². The molecule has 1 aliphatic heterocycles. The molecule has 2 heterocycles. The van der Waals surface area contributed by atoms with E-state index in [0.29, 0.717) is 18.9 Å². The molecule has 24 heavy (non-hydrogen) atoms. The van der Waals surface area contributed by atoms with Crippen LogP contribution >= 0.6 is 0 Å². The van der Waals surface area contributed by atoms with E-state index in [1.165, 1.54) is 5.56 Å². The molecule has 1 aromatic carbocycles. The molecule has 1 saturated heterocycles. The van der Waals surface area contributed by atoms with Gasteiger partial charge in [0.25, 0.3) is 0 Å². The number of hydrogen-bond donors (Lipinski definition) is 0. The van der Waals surface area contributed by atoms with Crippen molar-refractivity contribution in [2.24, 2.45) is 0 Å². The zero-order valence-electron chi connectivity index (χ0n) is 14.0. The van der Waals surface area contributed by atoms with E-state index < -0.39 is 0 Å². The van der Waals surface area contributed by atoms with Crippen LogP contribution in [0.15, 0.2) is 41.1 Å². The van der Waals surface area contributed by atoms with E-state index >= 15 is 0 Å². The van der Waals surface area contributed by atoms with Crippen LogP contribution in [-0.2, 0) is 17.8 Å². The summed E-state index contributed by atoms with van der Waals surface area (Å²) in [5, 5.41) is 0. The highest BCUT2D eigenvalue weighted by molar-refractivity contribution is 5.73. The van der Waals surface area contributed by atoms with Crippen LogP contribution in [-0.4, -0.2) is 53.5 Å². The van der Waals surface area contributed by atoms with Crippen molar-refractivity contribution >= 4 is 5.91 Å². The molecule has 1 fully saturated rings. The summed E-state index contributed by atoms with van der Waals surface area (Å²) in [5.74, 6) is 1.71. The predicted molar refractivity (Wildman–Crippen MR) is 89.7 cm³/mol. The minimum absolute atomic E-state index is 0.168. The van der Waals surface area contributed by atoms with Crippen molar-refractivity contribution in [1.82, 2.24) is 14.8 Å². The number of nitrogens with zero attached hydrogens (tertiary/aromatic N) is 3. The number of carbonyl (C=O) groups excluding carboxylic acids is 1. The predicted octanol–water partition coefficient (Wildman–Crippen LogP) is 1.96. The Morgan fingerprint density at radius 1 is 1.21 bits per heavy atom. The Kier molecular flexibility index (Phi) is 5.48. The number of oxazole rings is 1. The van der Waals surface area contributed by atoms with Crippen molar-refractivity contribution in [3.63, 3.8) is 0 Å². The normalized spacial score (nSPS) is 15.5. The molecule has 0 unspecified atom stereocenters. The van der Waals surface area contributed by atoms with E-state index in [1.807, 2.05) is 17.0 Å². The van der Waals surface area contributed by atoms with Gasteiger partial charge in [-0.1, -0.05) is 12.1 Å². The van der Waals surface area contributed by atoms with Gasteiger partial charge in [-0.25, -0.2) is 4.98 Å². The molecule has 2 aromatic rings. The molecule has 0 bridgehead atoms. The number of piperazine rings is 1. The fraction of sp³-hybridized carbons (Fsp3) is 0.444. The third-order valence-electron chi connectivity index (χ3n) is 4.22. The molecular formula is C18H23N3O3. The van der Waals surface area contributed by atoms with Gasteiger partial charge >= 0.3 is 0 Å². The summed E-state index contributed by atoms with van der Waals surface area (Å²) in [6.45, 7) is 6.57. The standard InChI is InChI=1S/C18H23N3O3/c1-15(22)21-10-8-20(9-11-21)14-16-2-4-17(5-3-16)23-12-6-18-19-7-13-24-18/h2-5,7,13H,6,8-12,14H2,1H3. The van der Waals surface area contributed by atoms with Crippen molar-refractivity contribution < 1.29 is 13.9 Å². The Balaban J connectivity index is 1.42. The third kappa shape index (κ3) is 4.58. The summed E-state index contributed by atoms with van der Waals surface area (Å²) in [5.41, 5.74) is 1.26. The number of ether oxygens (including phenoxy) is 1. The number of amides is 1. The number of carbonyl (C=O) groups is 1. The molecule has 1 amide bonds. The van der Waals surface area contributed by atoms with Gasteiger partial charge in [-0.15, -0.1) is 0 Å². The smallest absolute Gasteiger partial charge is 0.219 e. The highest BCUT2D eigenvalue weighted by Crippen LogP contribution is 2.15. The first kappa shape index (κ1) is 16.5. The quantitative estimate of drug-likeness (QED) is 0.811. The monoisotopic (exact) mass is 329 g/mol. The second-order valence-electron chi connectivity index (χ2n) is 5.95. The molecule has 0 aliphatic carbocycles. The molecular weight excluding hydrogens is 306 g/mol. The van der Waals surface area contributed by atoms with Gasteiger partial charge in [-0.3, -0.25) is 9.69 Å². The lowest BCUT2D eigenvalue weighted by Gasteiger charge is -2.34. The van der Waals surface area contributed by atoms with E-state index in [2.05, 4.69) is 22.0 Å². The minimum atomic E-state index is 0.168. The Labute approximate surface area is 142 Å². The van der Waals surface area contributed by atoms with E-state index in [0.717, 1.165) is 38.5 Å². The topological polar surface area (TPSA) is 58.8 Å². The lowest BCUT2D eigenvalue weighted by molar-refractivity contribution is -0.130. The second-order valence-corrected chi connectivity index (χ2v) is 5.95. The van der Waals surface area contributed by atoms with Gasteiger partial charge in [0.15, 0.2) is 5.89 Å². The van der Waals surface area contributed by atoms with Crippen LogP contribution in [0.25, 0.3) is 0 Å². The fourth-order valence-electron chi connectivity index (χ4n) is 2.80. The van der Waals surface area contributed by atoms with Crippen LogP contribution < -0.4 is 4.74 Å². The van der Waals surface area contributed by atoms with Crippen LogP contribution in [0.4, 0.5) is 0 Å². The third-order valence-corrected chi connectivity index (χ3v) is 4.22. The van der Waals surface area contributed by atoms with Crippen LogP contribution in [0.1, 0.15) is 18.4 Å². The van der Waals surface area contributed by atoms with E-state index in [1.54, 1.807) is 19.4 Å². The van der Waals surface area contributed by atoms with Gasteiger partial charge in [0.1, 0.15) is 12.0 Å². The maximum atomic E-state index is 11.3. The average molecular weight is 329 g/mol. The summed E-state index contributed by atoms with van der Waals surface area (Å²) < 4.78 is 10.9. The number of benzene rings is 1. The van der Waals surface area contributed by atoms with Crippen molar-refractivity contribution in [1.29, 1.82) is 0 Å². The van der Waals surface area contributed by atoms with Gasteiger partial charge in [0, 0.05) is 39.6 Å². The molecule has 3 rings (SSSR count). The molecule has 0 N–H and O–H groups in total. The van der Waals surface area contributed by atoms with Crippen LogP contribution in [0.2, 0.25) is 0 Å². The summed E-state index contributed by atoms with van der Waals surface area (Å²) in [7, 11) is 0. The fourth-order valence-corrected chi connectivity index (χ4v) is 2.80. The molecule has 0 radical (unpaired) electrons. The zero-order chi connectivity index (χ0) is 16.8.